The fourth-order valence-electron chi connectivity index (χ4n) is 11.7. The van der Waals surface area contributed by atoms with Crippen LogP contribution in [-0.2, 0) is 43.3 Å². The summed E-state index contributed by atoms with van der Waals surface area (Å²) < 4.78 is 29.7. The molecule has 0 bridgehead atoms. The van der Waals surface area contributed by atoms with Crippen molar-refractivity contribution in [2.45, 2.75) is 209 Å². The maximum Gasteiger partial charge on any atom is 0.632 e. The molecule has 0 aliphatic carbocycles. The monoisotopic (exact) mass is 1120 g/mol. The van der Waals surface area contributed by atoms with Gasteiger partial charge in [-0.3, -0.25) is 9.98 Å². The highest BCUT2D eigenvalue weighted by Crippen LogP contribution is 2.54. The summed E-state index contributed by atoms with van der Waals surface area (Å²) in [6, 6.07) is 43.7. The topological polar surface area (TPSA) is 61.6 Å². The van der Waals surface area contributed by atoms with Crippen molar-refractivity contribution in [3.05, 3.63) is 177 Å². The zero-order chi connectivity index (χ0) is 61.7. The molecule has 0 saturated heterocycles. The van der Waals surface area contributed by atoms with E-state index in [1.54, 1.807) is 0 Å². The summed E-state index contributed by atoms with van der Waals surface area (Å²) in [5, 5.41) is 0. The number of hydrogen-bond acceptors (Lipinski definition) is 6. The predicted octanol–water partition coefficient (Wildman–Crippen LogP) is 19.2. The summed E-state index contributed by atoms with van der Waals surface area (Å²) in [7, 11) is -1.57. The van der Waals surface area contributed by atoms with Crippen LogP contribution in [-0.4, -0.2) is 26.7 Å². The number of rotatable bonds is 4. The van der Waals surface area contributed by atoms with E-state index in [9.17, 15) is 0 Å². The van der Waals surface area contributed by atoms with Crippen molar-refractivity contribution in [1.82, 2.24) is 0 Å². The summed E-state index contributed by atoms with van der Waals surface area (Å²) in [5.74, 6) is 2.99. The first-order valence-electron chi connectivity index (χ1n) is 30.5. The first-order valence-corrected chi connectivity index (χ1v) is 30.5. The highest BCUT2D eigenvalue weighted by atomic mass is 16.6. The summed E-state index contributed by atoms with van der Waals surface area (Å²) in [5.41, 5.74) is 16.8. The second-order valence-electron chi connectivity index (χ2n) is 32.0. The Morgan fingerprint density at radius 2 is 0.595 bits per heavy atom. The van der Waals surface area contributed by atoms with Gasteiger partial charge in [0.2, 0.25) is 0 Å². The van der Waals surface area contributed by atoms with Crippen LogP contribution in [0.2, 0.25) is 0 Å². The number of aliphatic imine (C=N–C) groups is 2. The van der Waals surface area contributed by atoms with Gasteiger partial charge in [0.25, 0.3) is 0 Å². The van der Waals surface area contributed by atoms with E-state index in [1.165, 1.54) is 22.3 Å². The Bertz CT molecular complexity index is 3420. The molecular weight excluding hydrogens is 1030 g/mol. The third kappa shape index (κ3) is 12.6. The van der Waals surface area contributed by atoms with Crippen molar-refractivity contribution in [2.24, 2.45) is 9.98 Å². The Morgan fingerprint density at radius 1 is 0.298 bits per heavy atom. The van der Waals surface area contributed by atoms with Crippen LogP contribution in [0.1, 0.15) is 222 Å². The molecule has 84 heavy (non-hydrogen) atoms. The zero-order valence-corrected chi connectivity index (χ0v) is 55.4. The van der Waals surface area contributed by atoms with Gasteiger partial charge in [-0.05, 0) is 123 Å². The van der Waals surface area contributed by atoms with E-state index in [4.69, 9.17) is 28.6 Å². The summed E-state index contributed by atoms with van der Waals surface area (Å²) in [4.78, 5) is 11.0. The van der Waals surface area contributed by atoms with Crippen LogP contribution < -0.4 is 29.5 Å². The minimum Gasteiger partial charge on any atom is -0.521 e. The Morgan fingerprint density at radius 3 is 0.869 bits per heavy atom. The van der Waals surface area contributed by atoms with Gasteiger partial charge in [0.1, 0.15) is 34.4 Å². The van der Waals surface area contributed by atoms with Crippen LogP contribution in [0.3, 0.4) is 0 Å². The van der Waals surface area contributed by atoms with Crippen molar-refractivity contribution >= 4 is 49.0 Å². The van der Waals surface area contributed by atoms with Gasteiger partial charge in [-0.2, -0.15) is 0 Å². The van der Waals surface area contributed by atoms with E-state index in [1.807, 2.05) is 24.6 Å². The molecular formula is C76H94B2N2O4. The molecule has 7 aromatic rings. The second kappa shape index (κ2) is 21.6. The molecule has 2 aliphatic heterocycles. The molecule has 9 rings (SSSR count). The van der Waals surface area contributed by atoms with Gasteiger partial charge in [0, 0.05) is 45.6 Å². The van der Waals surface area contributed by atoms with Crippen molar-refractivity contribution in [2.75, 3.05) is 0 Å². The maximum atomic E-state index is 7.53. The third-order valence-electron chi connectivity index (χ3n) is 16.4. The first-order chi connectivity index (χ1) is 38.7. The van der Waals surface area contributed by atoms with E-state index in [-0.39, 0.29) is 32.5 Å². The van der Waals surface area contributed by atoms with Crippen LogP contribution >= 0.6 is 0 Å². The third-order valence-corrected chi connectivity index (χ3v) is 16.4. The Labute approximate surface area is 506 Å². The molecule has 0 unspecified atom stereocenters. The van der Waals surface area contributed by atoms with Gasteiger partial charge < -0.3 is 18.6 Å². The highest BCUT2D eigenvalue weighted by molar-refractivity contribution is 6.63. The fourth-order valence-corrected chi connectivity index (χ4v) is 11.7. The van der Waals surface area contributed by atoms with Crippen molar-refractivity contribution < 1.29 is 18.6 Å². The summed E-state index contributed by atoms with van der Waals surface area (Å²) in [6.07, 6.45) is 4.03. The molecule has 7 aromatic carbocycles. The lowest BCUT2D eigenvalue weighted by Gasteiger charge is -2.35. The first kappa shape index (κ1) is 61.8. The van der Waals surface area contributed by atoms with E-state index >= 15 is 0 Å². The lowest BCUT2D eigenvalue weighted by Crippen LogP contribution is -2.44. The lowest BCUT2D eigenvalue weighted by atomic mass is 9.71. The second-order valence-corrected chi connectivity index (χ2v) is 32.0. The van der Waals surface area contributed by atoms with Gasteiger partial charge in [-0.25, -0.2) is 0 Å². The van der Waals surface area contributed by atoms with Crippen molar-refractivity contribution in [3.8, 4) is 45.3 Å². The Hall–Kier alpha value is -6.79. The van der Waals surface area contributed by atoms with Gasteiger partial charge >= 0.3 is 14.2 Å². The molecule has 0 saturated carbocycles. The van der Waals surface area contributed by atoms with Crippen LogP contribution in [0.25, 0.3) is 22.3 Å². The molecule has 0 atom stereocenters. The van der Waals surface area contributed by atoms with Crippen LogP contribution in [0.4, 0.5) is 11.4 Å². The van der Waals surface area contributed by atoms with E-state index < -0.39 is 25.1 Å². The summed E-state index contributed by atoms with van der Waals surface area (Å²) in [6.45, 7) is 54.7. The molecule has 0 aromatic heterocycles. The van der Waals surface area contributed by atoms with E-state index in [0.29, 0.717) is 11.5 Å². The number of nitrogens with zero attached hydrogens (tertiary/aromatic N) is 2. The largest absolute Gasteiger partial charge is 0.632 e. The molecule has 2 heterocycles. The number of fused-ring (bicyclic) bond motifs is 4. The molecule has 0 N–H and O–H groups in total. The van der Waals surface area contributed by atoms with E-state index in [2.05, 4.69) is 275 Å². The minimum atomic E-state index is -0.786. The smallest absolute Gasteiger partial charge is 0.521 e. The van der Waals surface area contributed by atoms with Gasteiger partial charge in [0.15, 0.2) is 0 Å². The predicted molar refractivity (Wildman–Crippen MR) is 360 cm³/mol. The fraction of sp³-hybridized carbons (Fsp3) is 0.421. The van der Waals surface area contributed by atoms with Gasteiger partial charge in [0.05, 0.1) is 0 Å². The lowest BCUT2D eigenvalue weighted by molar-refractivity contribution is 0.417. The molecule has 2 aliphatic rings. The summed E-state index contributed by atoms with van der Waals surface area (Å²) >= 11 is 0. The normalized spacial score (nSPS) is 14.4. The van der Waals surface area contributed by atoms with Crippen LogP contribution in [0.15, 0.2) is 131 Å². The minimum absolute atomic E-state index is 0.109. The van der Waals surface area contributed by atoms with Crippen LogP contribution in [0, 0.1) is 0 Å². The van der Waals surface area contributed by atoms with Crippen molar-refractivity contribution in [3.63, 3.8) is 0 Å². The number of hydrogen-bond donors (Lipinski definition) is 0. The maximum absolute atomic E-state index is 7.53. The van der Waals surface area contributed by atoms with E-state index in [0.717, 1.165) is 89.4 Å². The highest BCUT2D eigenvalue weighted by Gasteiger charge is 2.41. The van der Waals surface area contributed by atoms with Crippen molar-refractivity contribution in [1.29, 1.82) is 0 Å². The van der Waals surface area contributed by atoms with Gasteiger partial charge in [-0.1, -0.05) is 263 Å². The van der Waals surface area contributed by atoms with Crippen LogP contribution in [0.5, 0.6) is 23.0 Å². The Balaban J connectivity index is 1.30. The molecule has 8 heteroatoms. The molecule has 0 radical (unpaired) electrons. The zero-order valence-electron chi connectivity index (χ0n) is 55.4. The standard InChI is InChI=1S/C76H94B2N2O4/c1-69(2,3)51-39-49-45-79-59-43-55(71(7,8)9)61(63(75(19,20)21)67(59)83-77(53-31-27-25-28-32-53)81-65(49)57(41-51)73(13,14)15)47-35-37-48(38-36-47)62-56(72(10,11)12)44-60-68(64(62)76(22,23)24)84-78(54-33-29-26-30-34-54)82-66-50(46-80-60)40-52(70(4,5)6)42-58(66)74(16,17)18/h25-46H,1-24H3. The molecule has 0 amide bonds. The Kier molecular flexibility index (Phi) is 15.9. The average Bonchev–Trinajstić information content (AvgIpc) is 1.18. The molecule has 0 spiro atoms. The SMILES string of the molecule is CC(C)(C)c1cc2c(c(C(C)(C)C)c1)OB(c1ccccc1)Oc1c(cc(C(C)(C)C)c(-c3ccc(-c4c(C(C)(C)C)cc5c(c4C(C)(C)C)OB(c4ccccc4)Oc4c(cc(C(C)(C)C)cc4C(C)(C)C)C=N5)cc3)c1C(C)(C)C)N=C2. The molecule has 0 fully saturated rings. The quantitative estimate of drug-likeness (QED) is 0.165. The molecule has 438 valence electrons. The van der Waals surface area contributed by atoms with Gasteiger partial charge in [-0.15, -0.1) is 0 Å². The average molecular weight is 1120 g/mol. The number of benzene rings is 7. The molecule has 6 nitrogen and oxygen atoms in total.